The molecule has 1 aromatic rings. The summed E-state index contributed by atoms with van der Waals surface area (Å²) >= 11 is 2.16. The predicted octanol–water partition coefficient (Wildman–Crippen LogP) is 3.51. The van der Waals surface area contributed by atoms with Gasteiger partial charge in [-0.2, -0.15) is 0 Å². The van der Waals surface area contributed by atoms with E-state index in [1.807, 2.05) is 24.3 Å². The Morgan fingerprint density at radius 3 is 2.29 bits per heavy atom. The smallest absolute Gasteiger partial charge is 0.314 e. The second kappa shape index (κ2) is 6.85. The van der Waals surface area contributed by atoms with Crippen LogP contribution < -0.4 is 5.73 Å². The van der Waals surface area contributed by atoms with Crippen LogP contribution in [0.5, 0.6) is 0 Å². The van der Waals surface area contributed by atoms with Crippen LogP contribution in [0.25, 0.3) is 0 Å². The van der Waals surface area contributed by atoms with Crippen molar-refractivity contribution in [3.63, 3.8) is 0 Å². The summed E-state index contributed by atoms with van der Waals surface area (Å²) < 4.78 is 23.9. The van der Waals surface area contributed by atoms with Gasteiger partial charge in [0, 0.05) is 3.57 Å². The first kappa shape index (κ1) is 15.1. The average Bonchev–Trinajstić information content (AvgIpc) is 2.29. The SMILES string of the molecule is CCOP(=O)(OCC)[C@@H](N)c1ccccc1I. The van der Waals surface area contributed by atoms with E-state index in [1.165, 1.54) is 0 Å². The van der Waals surface area contributed by atoms with Gasteiger partial charge in [0.25, 0.3) is 0 Å². The molecule has 0 spiro atoms. The average molecular weight is 369 g/mol. The van der Waals surface area contributed by atoms with Crippen LogP contribution in [0.1, 0.15) is 25.2 Å². The van der Waals surface area contributed by atoms with Crippen LogP contribution in [0.3, 0.4) is 0 Å². The molecule has 1 aromatic carbocycles. The minimum absolute atomic E-state index is 0.314. The lowest BCUT2D eigenvalue weighted by atomic mass is 10.2. The third-order valence-corrected chi connectivity index (χ3v) is 5.36. The maximum Gasteiger partial charge on any atom is 0.351 e. The summed E-state index contributed by atoms with van der Waals surface area (Å²) in [5.74, 6) is -0.740. The fraction of sp³-hybridized carbons (Fsp3) is 0.455. The van der Waals surface area contributed by atoms with Crippen molar-refractivity contribution in [2.24, 2.45) is 5.73 Å². The van der Waals surface area contributed by atoms with E-state index in [1.54, 1.807) is 13.8 Å². The van der Waals surface area contributed by atoms with Crippen LogP contribution >= 0.6 is 30.2 Å². The molecule has 0 heterocycles. The molecule has 0 aliphatic rings. The van der Waals surface area contributed by atoms with Crippen LogP contribution in [0.15, 0.2) is 24.3 Å². The van der Waals surface area contributed by atoms with Gasteiger partial charge in [-0.3, -0.25) is 4.57 Å². The summed E-state index contributed by atoms with van der Waals surface area (Å²) in [5.41, 5.74) is 6.82. The van der Waals surface area contributed by atoms with Crippen molar-refractivity contribution in [2.45, 2.75) is 19.6 Å². The second-order valence-corrected chi connectivity index (χ2v) is 6.66. The largest absolute Gasteiger partial charge is 0.351 e. The minimum atomic E-state index is -3.29. The molecule has 0 saturated heterocycles. The molecule has 0 unspecified atom stereocenters. The molecule has 0 saturated carbocycles. The molecule has 0 radical (unpaired) electrons. The quantitative estimate of drug-likeness (QED) is 0.616. The zero-order valence-corrected chi connectivity index (χ0v) is 13.0. The van der Waals surface area contributed by atoms with E-state index >= 15 is 0 Å². The van der Waals surface area contributed by atoms with Crippen LogP contribution in [-0.4, -0.2) is 13.2 Å². The van der Waals surface area contributed by atoms with E-state index < -0.39 is 13.4 Å². The summed E-state index contributed by atoms with van der Waals surface area (Å²) in [6.45, 7) is 4.17. The predicted molar refractivity (Wildman–Crippen MR) is 76.9 cm³/mol. The second-order valence-electron chi connectivity index (χ2n) is 3.34. The van der Waals surface area contributed by atoms with Gasteiger partial charge in [0.05, 0.1) is 13.2 Å². The number of hydrogen-bond acceptors (Lipinski definition) is 4. The molecule has 0 aliphatic carbocycles. The molecule has 4 nitrogen and oxygen atoms in total. The highest BCUT2D eigenvalue weighted by molar-refractivity contribution is 14.1. The van der Waals surface area contributed by atoms with Gasteiger partial charge >= 0.3 is 7.60 Å². The van der Waals surface area contributed by atoms with Gasteiger partial charge in [-0.15, -0.1) is 0 Å². The molecule has 0 aromatic heterocycles. The zero-order valence-electron chi connectivity index (χ0n) is 9.93. The van der Waals surface area contributed by atoms with Gasteiger partial charge in [0.2, 0.25) is 0 Å². The van der Waals surface area contributed by atoms with Crippen molar-refractivity contribution >= 4 is 30.2 Å². The number of hydrogen-bond donors (Lipinski definition) is 1. The number of nitrogens with two attached hydrogens (primary N) is 1. The van der Waals surface area contributed by atoms with Gasteiger partial charge in [0.1, 0.15) is 5.78 Å². The standard InChI is InChI=1S/C11H17INO3P/c1-3-15-17(14,16-4-2)11(13)9-7-5-6-8-10(9)12/h5-8,11H,3-4,13H2,1-2H3/t11-/m1/s1. The zero-order chi connectivity index (χ0) is 12.9. The fourth-order valence-corrected chi connectivity index (χ4v) is 4.09. The van der Waals surface area contributed by atoms with Gasteiger partial charge in [-0.1, -0.05) is 18.2 Å². The molecule has 17 heavy (non-hydrogen) atoms. The van der Waals surface area contributed by atoms with E-state index in [0.717, 1.165) is 9.13 Å². The van der Waals surface area contributed by atoms with Crippen molar-refractivity contribution < 1.29 is 13.6 Å². The summed E-state index contributed by atoms with van der Waals surface area (Å²) in [4.78, 5) is 0. The van der Waals surface area contributed by atoms with E-state index in [9.17, 15) is 4.57 Å². The molecule has 96 valence electrons. The molecular formula is C11H17INO3P. The van der Waals surface area contributed by atoms with E-state index in [4.69, 9.17) is 14.8 Å². The first-order chi connectivity index (χ1) is 8.05. The molecule has 0 amide bonds. The third-order valence-electron chi connectivity index (χ3n) is 2.18. The highest BCUT2D eigenvalue weighted by Crippen LogP contribution is 2.58. The maximum absolute atomic E-state index is 12.5. The van der Waals surface area contributed by atoms with Crippen LogP contribution in [-0.2, 0) is 13.6 Å². The monoisotopic (exact) mass is 369 g/mol. The normalized spacial score (nSPS) is 13.6. The van der Waals surface area contributed by atoms with Crippen LogP contribution in [0.2, 0.25) is 0 Å². The van der Waals surface area contributed by atoms with Gasteiger partial charge in [0.15, 0.2) is 0 Å². The van der Waals surface area contributed by atoms with Crippen molar-refractivity contribution in [3.8, 4) is 0 Å². The lowest BCUT2D eigenvalue weighted by Crippen LogP contribution is -2.16. The number of halogens is 1. The Morgan fingerprint density at radius 1 is 1.29 bits per heavy atom. The summed E-state index contributed by atoms with van der Waals surface area (Å²) in [6, 6.07) is 7.53. The van der Waals surface area contributed by atoms with Crippen molar-refractivity contribution in [2.75, 3.05) is 13.2 Å². The first-order valence-corrected chi connectivity index (χ1v) is 8.13. The topological polar surface area (TPSA) is 61.5 Å². The number of benzene rings is 1. The van der Waals surface area contributed by atoms with E-state index in [0.29, 0.717) is 13.2 Å². The molecule has 2 N–H and O–H groups in total. The highest BCUT2D eigenvalue weighted by atomic mass is 127. The molecule has 1 rings (SSSR count). The Morgan fingerprint density at radius 2 is 1.82 bits per heavy atom. The first-order valence-electron chi connectivity index (χ1n) is 5.44. The molecule has 0 bridgehead atoms. The van der Waals surface area contributed by atoms with Crippen molar-refractivity contribution in [3.05, 3.63) is 33.4 Å². The van der Waals surface area contributed by atoms with Gasteiger partial charge in [-0.05, 0) is 48.1 Å². The molecule has 0 aliphatic heterocycles. The molecular weight excluding hydrogens is 352 g/mol. The van der Waals surface area contributed by atoms with E-state index in [2.05, 4.69) is 22.6 Å². The fourth-order valence-electron chi connectivity index (χ4n) is 1.44. The minimum Gasteiger partial charge on any atom is -0.314 e. The summed E-state index contributed by atoms with van der Waals surface area (Å²) in [6.07, 6.45) is 0. The highest BCUT2D eigenvalue weighted by Gasteiger charge is 2.34. The Kier molecular flexibility index (Phi) is 6.09. The summed E-state index contributed by atoms with van der Waals surface area (Å²) in [5, 5.41) is 0. The van der Waals surface area contributed by atoms with Gasteiger partial charge in [-0.25, -0.2) is 0 Å². The van der Waals surface area contributed by atoms with Crippen molar-refractivity contribution in [1.82, 2.24) is 0 Å². The van der Waals surface area contributed by atoms with E-state index in [-0.39, 0.29) is 0 Å². The Balaban J connectivity index is 3.04. The third kappa shape index (κ3) is 3.76. The van der Waals surface area contributed by atoms with Crippen LogP contribution in [0, 0.1) is 3.57 Å². The summed E-state index contributed by atoms with van der Waals surface area (Å²) in [7, 11) is -3.29. The Hall–Kier alpha value is 0.0600. The molecule has 6 heteroatoms. The number of rotatable bonds is 6. The molecule has 1 atom stereocenters. The Labute approximate surface area is 116 Å². The Bertz CT molecular complexity index is 403. The maximum atomic E-state index is 12.5. The van der Waals surface area contributed by atoms with Crippen molar-refractivity contribution in [1.29, 1.82) is 0 Å². The lowest BCUT2D eigenvalue weighted by Gasteiger charge is -2.24. The molecule has 0 fully saturated rings. The van der Waals surface area contributed by atoms with Crippen LogP contribution in [0.4, 0.5) is 0 Å². The lowest BCUT2D eigenvalue weighted by molar-refractivity contribution is 0.212. The van der Waals surface area contributed by atoms with Gasteiger partial charge < -0.3 is 14.8 Å².